The van der Waals surface area contributed by atoms with Gasteiger partial charge in [0.2, 0.25) is 0 Å². The molecule has 1 aromatic carbocycles. The van der Waals surface area contributed by atoms with Gasteiger partial charge in [-0.15, -0.1) is 11.3 Å². The SMILES string of the molecule is O=C(O)Cc1cccc2sc(C3CCCCC3N3CCOCC3)cc12. The molecule has 2 heterocycles. The monoisotopic (exact) mass is 359 g/mol. The summed E-state index contributed by atoms with van der Waals surface area (Å²) in [6.45, 7) is 3.77. The average molecular weight is 359 g/mol. The zero-order valence-corrected chi connectivity index (χ0v) is 15.3. The highest BCUT2D eigenvalue weighted by Crippen LogP contribution is 2.42. The third-order valence-electron chi connectivity index (χ3n) is 5.62. The summed E-state index contributed by atoms with van der Waals surface area (Å²) in [6, 6.07) is 8.95. The van der Waals surface area contributed by atoms with Crippen LogP contribution in [0, 0.1) is 0 Å². The summed E-state index contributed by atoms with van der Waals surface area (Å²) in [5.74, 6) is -0.189. The summed E-state index contributed by atoms with van der Waals surface area (Å²) >= 11 is 1.86. The van der Waals surface area contributed by atoms with Gasteiger partial charge >= 0.3 is 5.97 Å². The number of aliphatic carboxylic acids is 1. The van der Waals surface area contributed by atoms with E-state index in [9.17, 15) is 9.90 Å². The van der Waals surface area contributed by atoms with E-state index in [1.54, 1.807) is 0 Å². The molecule has 1 N–H and O–H groups in total. The van der Waals surface area contributed by atoms with Crippen molar-refractivity contribution in [2.45, 2.75) is 44.1 Å². The molecule has 1 saturated heterocycles. The topological polar surface area (TPSA) is 49.8 Å². The Kier molecular flexibility index (Phi) is 5.06. The molecule has 0 amide bonds. The molecule has 0 radical (unpaired) electrons. The minimum Gasteiger partial charge on any atom is -0.481 e. The average Bonchev–Trinajstić information content (AvgIpc) is 3.07. The fraction of sp³-hybridized carbons (Fsp3) is 0.550. The summed E-state index contributed by atoms with van der Waals surface area (Å²) in [5, 5.41) is 10.3. The van der Waals surface area contributed by atoms with Crippen molar-refractivity contribution < 1.29 is 14.6 Å². The zero-order valence-electron chi connectivity index (χ0n) is 14.4. The number of morpholine rings is 1. The Morgan fingerprint density at radius 2 is 2.04 bits per heavy atom. The largest absolute Gasteiger partial charge is 0.481 e. The molecular weight excluding hydrogens is 334 g/mol. The fourth-order valence-electron chi connectivity index (χ4n) is 4.43. The van der Waals surface area contributed by atoms with Crippen LogP contribution in [-0.4, -0.2) is 48.3 Å². The summed E-state index contributed by atoms with van der Waals surface area (Å²) in [7, 11) is 0. The predicted octanol–water partition coefficient (Wildman–Crippen LogP) is 3.89. The molecule has 1 aliphatic carbocycles. The lowest BCUT2D eigenvalue weighted by atomic mass is 9.82. The van der Waals surface area contributed by atoms with Crippen molar-refractivity contribution in [1.29, 1.82) is 0 Å². The maximum absolute atomic E-state index is 11.2. The van der Waals surface area contributed by atoms with E-state index in [-0.39, 0.29) is 6.42 Å². The van der Waals surface area contributed by atoms with Crippen molar-refractivity contribution in [2.75, 3.05) is 26.3 Å². The number of thiophene rings is 1. The Morgan fingerprint density at radius 1 is 1.24 bits per heavy atom. The van der Waals surface area contributed by atoms with Crippen molar-refractivity contribution in [3.63, 3.8) is 0 Å². The van der Waals surface area contributed by atoms with Gasteiger partial charge in [-0.2, -0.15) is 0 Å². The minimum atomic E-state index is -0.760. The van der Waals surface area contributed by atoms with Crippen molar-refractivity contribution >= 4 is 27.4 Å². The number of carbonyl (C=O) groups is 1. The molecule has 1 aliphatic heterocycles. The second kappa shape index (κ2) is 7.44. The molecule has 25 heavy (non-hydrogen) atoms. The van der Waals surface area contributed by atoms with Gasteiger partial charge in [-0.25, -0.2) is 0 Å². The quantitative estimate of drug-likeness (QED) is 0.900. The van der Waals surface area contributed by atoms with E-state index >= 15 is 0 Å². The Morgan fingerprint density at radius 3 is 2.84 bits per heavy atom. The third kappa shape index (κ3) is 3.59. The lowest BCUT2D eigenvalue weighted by Gasteiger charge is -2.41. The van der Waals surface area contributed by atoms with Crippen molar-refractivity contribution in [2.24, 2.45) is 0 Å². The Balaban J connectivity index is 1.65. The molecule has 1 aromatic heterocycles. The molecule has 134 valence electrons. The molecule has 2 aromatic rings. The summed E-state index contributed by atoms with van der Waals surface area (Å²) in [4.78, 5) is 15.2. The molecule has 4 nitrogen and oxygen atoms in total. The lowest BCUT2D eigenvalue weighted by Crippen LogP contribution is -2.47. The fourth-order valence-corrected chi connectivity index (χ4v) is 5.73. The van der Waals surface area contributed by atoms with Gasteiger partial charge in [-0.05, 0) is 35.9 Å². The molecule has 2 atom stereocenters. The van der Waals surface area contributed by atoms with Gasteiger partial charge in [-0.1, -0.05) is 25.0 Å². The van der Waals surface area contributed by atoms with Gasteiger partial charge in [0.15, 0.2) is 0 Å². The standard InChI is InChI=1S/C20H25NO3S/c22-20(23)12-14-4-3-7-18-16(14)13-19(25-18)15-5-1-2-6-17(15)21-8-10-24-11-9-21/h3-4,7,13,15,17H,1-2,5-6,8-12H2,(H,22,23). The smallest absolute Gasteiger partial charge is 0.307 e. The maximum Gasteiger partial charge on any atom is 0.307 e. The number of rotatable bonds is 4. The van der Waals surface area contributed by atoms with Gasteiger partial charge in [0.1, 0.15) is 0 Å². The van der Waals surface area contributed by atoms with E-state index in [2.05, 4.69) is 17.0 Å². The van der Waals surface area contributed by atoms with Gasteiger partial charge in [0.25, 0.3) is 0 Å². The number of nitrogens with zero attached hydrogens (tertiary/aromatic N) is 1. The number of hydrogen-bond acceptors (Lipinski definition) is 4. The maximum atomic E-state index is 11.2. The molecule has 0 spiro atoms. The van der Waals surface area contributed by atoms with Crippen molar-refractivity contribution in [3.8, 4) is 0 Å². The third-order valence-corrected chi connectivity index (χ3v) is 6.85. The number of fused-ring (bicyclic) bond motifs is 1. The molecule has 2 unspecified atom stereocenters. The molecule has 1 saturated carbocycles. The molecular formula is C20H25NO3S. The molecule has 2 fully saturated rings. The van der Waals surface area contributed by atoms with Crippen LogP contribution in [0.3, 0.4) is 0 Å². The first kappa shape index (κ1) is 17.0. The number of hydrogen-bond donors (Lipinski definition) is 1. The van der Waals surface area contributed by atoms with Crippen molar-refractivity contribution in [1.82, 2.24) is 4.90 Å². The van der Waals surface area contributed by atoms with Crippen LogP contribution >= 0.6 is 11.3 Å². The van der Waals surface area contributed by atoms with Crippen LogP contribution in [0.4, 0.5) is 0 Å². The number of carboxylic acids is 1. The predicted molar refractivity (Wildman–Crippen MR) is 101 cm³/mol. The van der Waals surface area contributed by atoms with Gasteiger partial charge in [0, 0.05) is 34.6 Å². The first-order valence-electron chi connectivity index (χ1n) is 9.27. The van der Waals surface area contributed by atoms with Gasteiger partial charge in [-0.3, -0.25) is 9.69 Å². The second-order valence-corrected chi connectivity index (χ2v) is 8.27. The molecule has 4 rings (SSSR count). The molecule has 0 bridgehead atoms. The van der Waals surface area contributed by atoms with E-state index in [1.807, 2.05) is 23.5 Å². The van der Waals surface area contributed by atoms with Crippen molar-refractivity contribution in [3.05, 3.63) is 34.7 Å². The minimum absolute atomic E-state index is 0.102. The van der Waals surface area contributed by atoms with Crippen LogP contribution in [0.1, 0.15) is 42.0 Å². The summed E-state index contributed by atoms with van der Waals surface area (Å²) in [5.41, 5.74) is 0.936. The first-order chi connectivity index (χ1) is 12.2. The Hall–Kier alpha value is -1.43. The molecule has 5 heteroatoms. The zero-order chi connectivity index (χ0) is 17.2. The van der Waals surface area contributed by atoms with Crippen LogP contribution in [0.5, 0.6) is 0 Å². The highest BCUT2D eigenvalue weighted by Gasteiger charge is 2.33. The highest BCUT2D eigenvalue weighted by molar-refractivity contribution is 7.19. The normalized spacial score (nSPS) is 25.3. The van der Waals surface area contributed by atoms with E-state index in [4.69, 9.17) is 4.74 Å². The van der Waals surface area contributed by atoms with Crippen LogP contribution < -0.4 is 0 Å². The highest BCUT2D eigenvalue weighted by atomic mass is 32.1. The van der Waals surface area contributed by atoms with Gasteiger partial charge in [0.05, 0.1) is 19.6 Å². The van der Waals surface area contributed by atoms with Crippen LogP contribution in [0.15, 0.2) is 24.3 Å². The van der Waals surface area contributed by atoms with Crippen LogP contribution in [0.2, 0.25) is 0 Å². The van der Waals surface area contributed by atoms with E-state index in [0.29, 0.717) is 12.0 Å². The van der Waals surface area contributed by atoms with E-state index in [1.165, 1.54) is 35.3 Å². The number of benzene rings is 1. The number of ether oxygens (including phenoxy) is 1. The second-order valence-electron chi connectivity index (χ2n) is 7.15. The van der Waals surface area contributed by atoms with Crippen LogP contribution in [0.25, 0.3) is 10.1 Å². The van der Waals surface area contributed by atoms with Crippen LogP contribution in [-0.2, 0) is 16.0 Å². The lowest BCUT2D eigenvalue weighted by molar-refractivity contribution is -0.136. The Labute approximate surface area is 152 Å². The van der Waals surface area contributed by atoms with E-state index < -0.39 is 5.97 Å². The summed E-state index contributed by atoms with van der Waals surface area (Å²) in [6.07, 6.45) is 5.21. The van der Waals surface area contributed by atoms with E-state index in [0.717, 1.165) is 37.3 Å². The number of carboxylic acid groups (broad SMARTS) is 1. The summed E-state index contributed by atoms with van der Waals surface area (Å²) < 4.78 is 6.76. The first-order valence-corrected chi connectivity index (χ1v) is 10.1. The van der Waals surface area contributed by atoms with Gasteiger partial charge < -0.3 is 9.84 Å². The molecule has 2 aliphatic rings. The Bertz CT molecular complexity index is 750.